The maximum absolute atomic E-state index is 11.2. The molecule has 1 atom stereocenters. The summed E-state index contributed by atoms with van der Waals surface area (Å²) in [6, 6.07) is -1.12. The van der Waals surface area contributed by atoms with Crippen LogP contribution < -0.4 is 21.9 Å². The van der Waals surface area contributed by atoms with Crippen molar-refractivity contribution in [2.75, 3.05) is 0 Å². The van der Waals surface area contributed by atoms with Crippen molar-refractivity contribution in [3.05, 3.63) is 0 Å². The predicted molar refractivity (Wildman–Crippen MR) is 48.6 cm³/mol. The van der Waals surface area contributed by atoms with Crippen LogP contribution in [0.25, 0.3) is 0 Å². The zero-order valence-electron chi connectivity index (χ0n) is 8.05. The third-order valence-corrected chi connectivity index (χ3v) is 1.30. The van der Waals surface area contributed by atoms with E-state index in [4.69, 9.17) is 5.84 Å². The summed E-state index contributed by atoms with van der Waals surface area (Å²) in [5, 5.41) is 5.00. The Morgan fingerprint density at radius 1 is 1.15 bits per heavy atom. The van der Waals surface area contributed by atoms with Gasteiger partial charge in [-0.3, -0.25) is 10.2 Å². The van der Waals surface area contributed by atoms with E-state index in [0.717, 1.165) is 0 Å². The maximum atomic E-state index is 11.2. The number of amides is 3. The molecular formula is C7H16N4O2. The fraction of sp³-hybridized carbons (Fsp3) is 0.714. The van der Waals surface area contributed by atoms with E-state index in [0.29, 0.717) is 0 Å². The molecule has 3 amide bonds. The molecule has 5 N–H and O–H groups in total. The predicted octanol–water partition coefficient (Wildman–Crippen LogP) is -0.928. The van der Waals surface area contributed by atoms with Gasteiger partial charge in [0.25, 0.3) is 0 Å². The summed E-state index contributed by atoms with van der Waals surface area (Å²) in [5.74, 6) is 4.59. The van der Waals surface area contributed by atoms with Crippen LogP contribution in [0.5, 0.6) is 0 Å². The summed E-state index contributed by atoms with van der Waals surface area (Å²) in [4.78, 5) is 21.9. The van der Waals surface area contributed by atoms with E-state index in [1.807, 2.05) is 19.3 Å². The number of carbonyl (C=O) groups is 2. The van der Waals surface area contributed by atoms with E-state index in [2.05, 4.69) is 10.6 Å². The Morgan fingerprint density at radius 2 is 1.69 bits per heavy atom. The van der Waals surface area contributed by atoms with Gasteiger partial charge in [0, 0.05) is 6.04 Å². The molecule has 0 saturated heterocycles. The molecule has 6 nitrogen and oxygen atoms in total. The summed E-state index contributed by atoms with van der Waals surface area (Å²) < 4.78 is 0. The van der Waals surface area contributed by atoms with Crippen molar-refractivity contribution in [3.8, 4) is 0 Å². The van der Waals surface area contributed by atoms with Gasteiger partial charge in [-0.05, 0) is 20.8 Å². The quantitative estimate of drug-likeness (QED) is 0.262. The zero-order valence-corrected chi connectivity index (χ0v) is 8.05. The second-order valence-corrected chi connectivity index (χ2v) is 3.00. The van der Waals surface area contributed by atoms with Crippen LogP contribution in [0.2, 0.25) is 0 Å². The summed E-state index contributed by atoms with van der Waals surface area (Å²) in [5.41, 5.74) is 1.87. The molecule has 76 valence electrons. The minimum atomic E-state index is -0.592. The van der Waals surface area contributed by atoms with Crippen LogP contribution in [0.3, 0.4) is 0 Å². The van der Waals surface area contributed by atoms with Crippen LogP contribution in [-0.2, 0) is 4.79 Å². The first-order valence-electron chi connectivity index (χ1n) is 4.04. The monoisotopic (exact) mass is 188 g/mol. The third-order valence-electron chi connectivity index (χ3n) is 1.30. The summed E-state index contributed by atoms with van der Waals surface area (Å²) in [6.45, 7) is 5.26. The van der Waals surface area contributed by atoms with Gasteiger partial charge in [0.2, 0.25) is 5.91 Å². The van der Waals surface area contributed by atoms with Gasteiger partial charge in [-0.1, -0.05) is 0 Å². The Kier molecular flexibility index (Phi) is 4.83. The van der Waals surface area contributed by atoms with E-state index in [1.165, 1.54) is 0 Å². The normalized spacial score (nSPS) is 12.1. The number of hydrogen-bond donors (Lipinski definition) is 4. The van der Waals surface area contributed by atoms with Crippen LogP contribution in [0.1, 0.15) is 20.8 Å². The van der Waals surface area contributed by atoms with Crippen molar-refractivity contribution in [2.45, 2.75) is 32.9 Å². The first-order chi connectivity index (χ1) is 5.97. The van der Waals surface area contributed by atoms with Crippen molar-refractivity contribution in [1.29, 1.82) is 0 Å². The molecule has 0 aromatic carbocycles. The van der Waals surface area contributed by atoms with E-state index < -0.39 is 12.1 Å². The highest BCUT2D eigenvalue weighted by Crippen LogP contribution is 1.84. The lowest BCUT2D eigenvalue weighted by Gasteiger charge is -2.15. The topological polar surface area (TPSA) is 96.2 Å². The molecule has 0 spiro atoms. The fourth-order valence-electron chi connectivity index (χ4n) is 0.713. The first-order valence-corrected chi connectivity index (χ1v) is 4.04. The molecule has 0 rings (SSSR count). The minimum Gasteiger partial charge on any atom is -0.352 e. The number of nitrogens with one attached hydrogen (secondary N) is 3. The Hall–Kier alpha value is -1.30. The largest absolute Gasteiger partial charge is 0.352 e. The van der Waals surface area contributed by atoms with Gasteiger partial charge < -0.3 is 10.6 Å². The molecule has 0 aliphatic heterocycles. The molecule has 13 heavy (non-hydrogen) atoms. The van der Waals surface area contributed by atoms with E-state index in [1.54, 1.807) is 6.92 Å². The molecular weight excluding hydrogens is 172 g/mol. The van der Waals surface area contributed by atoms with Crippen molar-refractivity contribution in [2.24, 2.45) is 5.84 Å². The molecule has 0 heterocycles. The summed E-state index contributed by atoms with van der Waals surface area (Å²) >= 11 is 0. The molecule has 0 bridgehead atoms. The second kappa shape index (κ2) is 5.36. The van der Waals surface area contributed by atoms with Gasteiger partial charge in [0.15, 0.2) is 0 Å². The Bertz CT molecular complexity index is 193. The van der Waals surface area contributed by atoms with Crippen molar-refractivity contribution in [3.63, 3.8) is 0 Å². The van der Waals surface area contributed by atoms with Crippen LogP contribution in [0.4, 0.5) is 4.79 Å². The highest BCUT2D eigenvalue weighted by molar-refractivity contribution is 5.86. The number of rotatable bonds is 3. The number of hydrazine groups is 1. The molecule has 0 aliphatic rings. The van der Waals surface area contributed by atoms with Gasteiger partial charge in [-0.2, -0.15) is 0 Å². The van der Waals surface area contributed by atoms with Crippen LogP contribution in [-0.4, -0.2) is 24.0 Å². The fourth-order valence-corrected chi connectivity index (χ4v) is 0.713. The van der Waals surface area contributed by atoms with Crippen molar-refractivity contribution in [1.82, 2.24) is 16.1 Å². The van der Waals surface area contributed by atoms with Crippen LogP contribution in [0, 0.1) is 0 Å². The van der Waals surface area contributed by atoms with Gasteiger partial charge in [0.1, 0.15) is 6.04 Å². The standard InChI is InChI=1S/C7H16N4O2/c1-4(2)9-6(12)5(3)10-7(13)11-8/h4-5H,8H2,1-3H3,(H,9,12)(H2,10,11,13). The SMILES string of the molecule is CC(C)NC(=O)C(C)NC(=O)NN. The van der Waals surface area contributed by atoms with E-state index in [-0.39, 0.29) is 11.9 Å². The number of carbonyl (C=O) groups excluding carboxylic acids is 2. The molecule has 0 radical (unpaired) electrons. The van der Waals surface area contributed by atoms with Crippen LogP contribution >= 0.6 is 0 Å². The highest BCUT2D eigenvalue weighted by atomic mass is 16.2. The number of urea groups is 1. The van der Waals surface area contributed by atoms with E-state index in [9.17, 15) is 9.59 Å². The highest BCUT2D eigenvalue weighted by Gasteiger charge is 2.14. The summed E-state index contributed by atoms with van der Waals surface area (Å²) in [6.07, 6.45) is 0. The Balaban J connectivity index is 3.89. The maximum Gasteiger partial charge on any atom is 0.329 e. The number of hydrogen-bond acceptors (Lipinski definition) is 3. The lowest BCUT2D eigenvalue weighted by molar-refractivity contribution is -0.123. The lowest BCUT2D eigenvalue weighted by atomic mass is 10.3. The Labute approximate surface area is 77.2 Å². The average Bonchev–Trinajstić information content (AvgIpc) is 2.02. The van der Waals surface area contributed by atoms with Gasteiger partial charge in [-0.15, -0.1) is 0 Å². The Morgan fingerprint density at radius 3 is 2.08 bits per heavy atom. The minimum absolute atomic E-state index is 0.0534. The molecule has 0 aromatic heterocycles. The molecule has 0 saturated carbocycles. The zero-order chi connectivity index (χ0) is 10.4. The molecule has 1 unspecified atom stereocenters. The summed E-state index contributed by atoms with van der Waals surface area (Å²) in [7, 11) is 0. The van der Waals surface area contributed by atoms with Gasteiger partial charge in [-0.25, -0.2) is 10.6 Å². The van der Waals surface area contributed by atoms with Crippen molar-refractivity contribution >= 4 is 11.9 Å². The average molecular weight is 188 g/mol. The number of nitrogens with two attached hydrogens (primary N) is 1. The van der Waals surface area contributed by atoms with Gasteiger partial charge >= 0.3 is 6.03 Å². The lowest BCUT2D eigenvalue weighted by Crippen LogP contribution is -2.51. The smallest absolute Gasteiger partial charge is 0.329 e. The van der Waals surface area contributed by atoms with E-state index >= 15 is 0 Å². The third kappa shape index (κ3) is 5.02. The van der Waals surface area contributed by atoms with Crippen molar-refractivity contribution < 1.29 is 9.59 Å². The molecule has 6 heteroatoms. The first kappa shape index (κ1) is 11.7. The molecule has 0 fully saturated rings. The van der Waals surface area contributed by atoms with Crippen LogP contribution in [0.15, 0.2) is 0 Å². The second-order valence-electron chi connectivity index (χ2n) is 3.00. The molecule has 0 aliphatic carbocycles. The van der Waals surface area contributed by atoms with Gasteiger partial charge in [0.05, 0.1) is 0 Å². The molecule has 0 aromatic rings.